The number of carbonyl (C=O) groups is 1. The number of sulfonamides is 1. The lowest BCUT2D eigenvalue weighted by Crippen LogP contribution is -2.46. The van der Waals surface area contributed by atoms with Gasteiger partial charge in [0.05, 0.1) is 26.3 Å². The fourth-order valence-electron chi connectivity index (χ4n) is 4.07. The van der Waals surface area contributed by atoms with Crippen LogP contribution >= 0.6 is 11.3 Å². The topological polar surface area (TPSA) is 70.2 Å². The Morgan fingerprint density at radius 3 is 2.42 bits per heavy atom. The SMILES string of the molecule is O=C(CN(CCN1CCOCC1)S(=O)(=O)C=Cc1ccccc1)N(Cc1ccc(F)cc1)Cc1cccs1. The third kappa shape index (κ3) is 8.57. The number of carbonyl (C=O) groups excluding carboxylic acids is 1. The van der Waals surface area contributed by atoms with E-state index < -0.39 is 10.0 Å². The molecule has 0 spiro atoms. The summed E-state index contributed by atoms with van der Waals surface area (Å²) in [7, 11) is -3.89. The molecule has 0 saturated carbocycles. The van der Waals surface area contributed by atoms with Gasteiger partial charge in [-0.15, -0.1) is 11.3 Å². The molecule has 1 amide bonds. The molecule has 1 fully saturated rings. The third-order valence-electron chi connectivity index (χ3n) is 6.24. The quantitative estimate of drug-likeness (QED) is 0.336. The first-order valence-corrected chi connectivity index (χ1v) is 14.9. The fourth-order valence-corrected chi connectivity index (χ4v) is 5.92. The van der Waals surface area contributed by atoms with E-state index in [4.69, 9.17) is 4.74 Å². The van der Waals surface area contributed by atoms with E-state index in [9.17, 15) is 17.6 Å². The van der Waals surface area contributed by atoms with E-state index >= 15 is 0 Å². The van der Waals surface area contributed by atoms with Crippen LogP contribution in [-0.2, 0) is 32.6 Å². The van der Waals surface area contributed by atoms with Crippen molar-refractivity contribution in [1.29, 1.82) is 0 Å². The maximum Gasteiger partial charge on any atom is 0.238 e. The van der Waals surface area contributed by atoms with E-state index in [1.807, 2.05) is 47.8 Å². The summed E-state index contributed by atoms with van der Waals surface area (Å²) in [5.74, 6) is -0.670. The predicted molar refractivity (Wildman–Crippen MR) is 148 cm³/mol. The smallest absolute Gasteiger partial charge is 0.238 e. The van der Waals surface area contributed by atoms with Crippen LogP contribution in [0.25, 0.3) is 6.08 Å². The molecule has 1 aromatic heterocycles. The van der Waals surface area contributed by atoms with E-state index in [-0.39, 0.29) is 31.4 Å². The summed E-state index contributed by atoms with van der Waals surface area (Å²) in [6, 6.07) is 19.0. The van der Waals surface area contributed by atoms with E-state index in [0.717, 1.165) is 29.1 Å². The van der Waals surface area contributed by atoms with Crippen molar-refractivity contribution in [2.75, 3.05) is 45.9 Å². The van der Waals surface area contributed by atoms with Gasteiger partial charge in [-0.25, -0.2) is 12.8 Å². The van der Waals surface area contributed by atoms with Crippen LogP contribution in [0, 0.1) is 5.82 Å². The lowest BCUT2D eigenvalue weighted by atomic mass is 10.2. The van der Waals surface area contributed by atoms with Crippen LogP contribution in [0.1, 0.15) is 16.0 Å². The molecule has 10 heteroatoms. The van der Waals surface area contributed by atoms with Crippen LogP contribution in [0.15, 0.2) is 77.5 Å². The van der Waals surface area contributed by atoms with Crippen molar-refractivity contribution in [3.8, 4) is 0 Å². The number of nitrogens with zero attached hydrogens (tertiary/aromatic N) is 3. The average Bonchev–Trinajstić information content (AvgIpc) is 3.45. The maximum atomic E-state index is 13.6. The Hall–Kier alpha value is -2.89. The van der Waals surface area contributed by atoms with Gasteiger partial charge in [0.1, 0.15) is 5.82 Å². The highest BCUT2D eigenvalue weighted by molar-refractivity contribution is 7.92. The summed E-state index contributed by atoms with van der Waals surface area (Å²) in [5.41, 5.74) is 1.52. The van der Waals surface area contributed by atoms with E-state index in [2.05, 4.69) is 4.90 Å². The summed E-state index contributed by atoms with van der Waals surface area (Å²) in [4.78, 5) is 18.4. The van der Waals surface area contributed by atoms with Gasteiger partial charge >= 0.3 is 0 Å². The highest BCUT2D eigenvalue weighted by Gasteiger charge is 2.26. The maximum absolute atomic E-state index is 13.6. The first kappa shape index (κ1) is 28.1. The van der Waals surface area contributed by atoms with Crippen molar-refractivity contribution < 1.29 is 22.3 Å². The Labute approximate surface area is 227 Å². The molecule has 0 atom stereocenters. The van der Waals surface area contributed by atoms with Gasteiger partial charge in [-0.1, -0.05) is 48.5 Å². The van der Waals surface area contributed by atoms with Crippen molar-refractivity contribution in [3.05, 3.63) is 99.3 Å². The third-order valence-corrected chi connectivity index (χ3v) is 8.61. The predicted octanol–water partition coefficient (Wildman–Crippen LogP) is 4.05. The van der Waals surface area contributed by atoms with Crippen molar-refractivity contribution in [2.24, 2.45) is 0 Å². The highest BCUT2D eigenvalue weighted by Crippen LogP contribution is 2.17. The summed E-state index contributed by atoms with van der Waals surface area (Å²) < 4.78 is 47.0. The first-order chi connectivity index (χ1) is 18.4. The minimum Gasteiger partial charge on any atom is -0.379 e. The molecule has 38 heavy (non-hydrogen) atoms. The van der Waals surface area contributed by atoms with Crippen LogP contribution in [-0.4, -0.2) is 74.4 Å². The molecule has 2 heterocycles. The van der Waals surface area contributed by atoms with Gasteiger partial charge in [-0.05, 0) is 40.8 Å². The van der Waals surface area contributed by atoms with Crippen LogP contribution in [0.2, 0.25) is 0 Å². The summed E-state index contributed by atoms with van der Waals surface area (Å²) in [6.07, 6.45) is 1.55. The molecular formula is C28H32FN3O4S2. The Kier molecular flexibility index (Phi) is 10.2. The van der Waals surface area contributed by atoms with E-state index in [1.54, 1.807) is 23.1 Å². The number of rotatable bonds is 12. The Morgan fingerprint density at radius 2 is 1.74 bits per heavy atom. The van der Waals surface area contributed by atoms with E-state index in [1.165, 1.54) is 33.2 Å². The molecule has 3 aromatic rings. The molecule has 202 valence electrons. The molecule has 0 unspecified atom stereocenters. The zero-order chi connectivity index (χ0) is 26.8. The van der Waals surface area contributed by atoms with Crippen LogP contribution in [0.4, 0.5) is 4.39 Å². The van der Waals surface area contributed by atoms with Crippen molar-refractivity contribution in [2.45, 2.75) is 13.1 Å². The standard InChI is InChI=1S/C28H32FN3O4S2/c29-26-10-8-25(9-11-26)21-31(22-27-7-4-19-37-27)28(33)23-32(14-13-30-15-17-36-18-16-30)38(34,35)20-12-24-5-2-1-3-6-24/h1-12,19-20H,13-18,21-23H2. The van der Waals surface area contributed by atoms with Gasteiger partial charge in [-0.2, -0.15) is 4.31 Å². The van der Waals surface area contributed by atoms with Gasteiger partial charge in [0.2, 0.25) is 15.9 Å². The lowest BCUT2D eigenvalue weighted by Gasteiger charge is -2.30. The normalized spacial score (nSPS) is 14.8. The number of hydrogen-bond donors (Lipinski definition) is 0. The first-order valence-electron chi connectivity index (χ1n) is 12.5. The van der Waals surface area contributed by atoms with E-state index in [0.29, 0.717) is 26.3 Å². The van der Waals surface area contributed by atoms with Gasteiger partial charge in [0.15, 0.2) is 0 Å². The van der Waals surface area contributed by atoms with Crippen LogP contribution in [0.3, 0.4) is 0 Å². The van der Waals surface area contributed by atoms with Gasteiger partial charge in [0, 0.05) is 43.0 Å². The number of benzene rings is 2. The molecule has 7 nitrogen and oxygen atoms in total. The molecule has 0 N–H and O–H groups in total. The van der Waals surface area contributed by atoms with Gasteiger partial charge in [-0.3, -0.25) is 9.69 Å². The Balaban J connectivity index is 1.53. The molecule has 1 aliphatic heterocycles. The summed E-state index contributed by atoms with van der Waals surface area (Å²) >= 11 is 1.53. The second kappa shape index (κ2) is 13.8. The molecule has 4 rings (SSSR count). The lowest BCUT2D eigenvalue weighted by molar-refractivity contribution is -0.132. The number of ether oxygens (including phenoxy) is 1. The minimum absolute atomic E-state index is 0.177. The molecule has 0 aliphatic carbocycles. The van der Waals surface area contributed by atoms with Gasteiger partial charge in [0.25, 0.3) is 0 Å². The molecule has 1 saturated heterocycles. The zero-order valence-corrected chi connectivity index (χ0v) is 22.7. The van der Waals surface area contributed by atoms with Crippen molar-refractivity contribution in [3.63, 3.8) is 0 Å². The molecule has 0 radical (unpaired) electrons. The Morgan fingerprint density at radius 1 is 1.00 bits per heavy atom. The molecular weight excluding hydrogens is 525 g/mol. The largest absolute Gasteiger partial charge is 0.379 e. The summed E-state index contributed by atoms with van der Waals surface area (Å²) in [5, 5.41) is 3.10. The highest BCUT2D eigenvalue weighted by atomic mass is 32.2. The molecule has 1 aliphatic rings. The number of thiophene rings is 1. The van der Waals surface area contributed by atoms with Crippen molar-refractivity contribution in [1.82, 2.24) is 14.1 Å². The number of morpholine rings is 1. The number of amides is 1. The molecule has 2 aromatic carbocycles. The second-order valence-electron chi connectivity index (χ2n) is 9.00. The minimum atomic E-state index is -3.89. The van der Waals surface area contributed by atoms with Crippen LogP contribution in [0.5, 0.6) is 0 Å². The van der Waals surface area contributed by atoms with Crippen molar-refractivity contribution >= 4 is 33.3 Å². The summed E-state index contributed by atoms with van der Waals surface area (Å²) in [6.45, 7) is 3.61. The van der Waals surface area contributed by atoms with Gasteiger partial charge < -0.3 is 9.64 Å². The Bertz CT molecular complexity index is 1280. The second-order valence-corrected chi connectivity index (χ2v) is 11.9. The molecule has 0 bridgehead atoms. The number of halogens is 1. The average molecular weight is 558 g/mol. The zero-order valence-electron chi connectivity index (χ0n) is 21.1. The monoisotopic (exact) mass is 557 g/mol. The fraction of sp³-hybridized carbons (Fsp3) is 0.321. The number of hydrogen-bond acceptors (Lipinski definition) is 6. The van der Waals surface area contributed by atoms with Crippen LogP contribution < -0.4 is 0 Å².